The van der Waals surface area contributed by atoms with Crippen molar-refractivity contribution in [3.05, 3.63) is 12.2 Å². The zero-order valence-corrected chi connectivity index (χ0v) is 14.1. The Hall–Kier alpha value is -0.790. The van der Waals surface area contributed by atoms with Gasteiger partial charge in [-0.2, -0.15) is 0 Å². The van der Waals surface area contributed by atoms with Crippen molar-refractivity contribution in [1.82, 2.24) is 0 Å². The van der Waals surface area contributed by atoms with E-state index in [0.29, 0.717) is 6.42 Å². The molecule has 0 heterocycles. The number of rotatable bonds is 16. The van der Waals surface area contributed by atoms with Gasteiger partial charge in [-0.25, -0.2) is 0 Å². The molecule has 124 valence electrons. The van der Waals surface area contributed by atoms with Gasteiger partial charge in [0, 0.05) is 6.42 Å². The van der Waals surface area contributed by atoms with Crippen LogP contribution in [0.3, 0.4) is 0 Å². The minimum atomic E-state index is -0.670. The van der Waals surface area contributed by atoms with Crippen molar-refractivity contribution in [2.45, 2.75) is 103 Å². The summed E-state index contributed by atoms with van der Waals surface area (Å²) in [6, 6.07) is 0. The SMILES string of the molecule is CCCCCCCCCCCC=CCCCCCC(=O)O. The van der Waals surface area contributed by atoms with Crippen molar-refractivity contribution in [3.63, 3.8) is 0 Å². The van der Waals surface area contributed by atoms with Gasteiger partial charge in [0.25, 0.3) is 0 Å². The topological polar surface area (TPSA) is 37.3 Å². The summed E-state index contributed by atoms with van der Waals surface area (Å²) in [6.45, 7) is 2.27. The van der Waals surface area contributed by atoms with E-state index in [1.165, 1.54) is 64.2 Å². The van der Waals surface area contributed by atoms with E-state index >= 15 is 0 Å². The molecule has 1 N–H and O–H groups in total. The Balaban J connectivity index is 3.07. The first-order valence-corrected chi connectivity index (χ1v) is 9.14. The molecule has 0 spiro atoms. The van der Waals surface area contributed by atoms with Gasteiger partial charge in [0.1, 0.15) is 0 Å². The predicted octanol–water partition coefficient (Wildman–Crippen LogP) is 6.50. The number of aliphatic carboxylic acids is 1. The molecule has 0 radical (unpaired) electrons. The van der Waals surface area contributed by atoms with Crippen molar-refractivity contribution in [2.75, 3.05) is 0 Å². The molecular weight excluding hydrogens is 260 g/mol. The van der Waals surface area contributed by atoms with Crippen molar-refractivity contribution in [3.8, 4) is 0 Å². The Morgan fingerprint density at radius 2 is 1.14 bits per heavy atom. The summed E-state index contributed by atoms with van der Waals surface area (Å²) in [6.07, 6.45) is 22.7. The molecular formula is C19H36O2. The first-order valence-electron chi connectivity index (χ1n) is 9.14. The van der Waals surface area contributed by atoms with Crippen LogP contribution in [0.2, 0.25) is 0 Å². The lowest BCUT2D eigenvalue weighted by atomic mass is 10.1. The normalized spacial score (nSPS) is 11.3. The van der Waals surface area contributed by atoms with Crippen LogP contribution in [0.15, 0.2) is 12.2 Å². The number of allylic oxidation sites excluding steroid dienone is 2. The average Bonchev–Trinajstić information content (AvgIpc) is 2.46. The van der Waals surface area contributed by atoms with E-state index in [9.17, 15) is 4.79 Å². The van der Waals surface area contributed by atoms with E-state index in [2.05, 4.69) is 19.1 Å². The lowest BCUT2D eigenvalue weighted by molar-refractivity contribution is -0.137. The highest BCUT2D eigenvalue weighted by Gasteiger charge is 1.95. The van der Waals surface area contributed by atoms with Gasteiger partial charge in [-0.1, -0.05) is 76.9 Å². The van der Waals surface area contributed by atoms with Gasteiger partial charge < -0.3 is 5.11 Å². The highest BCUT2D eigenvalue weighted by atomic mass is 16.4. The second kappa shape index (κ2) is 17.3. The van der Waals surface area contributed by atoms with Gasteiger partial charge in [-0.15, -0.1) is 0 Å². The average molecular weight is 296 g/mol. The van der Waals surface area contributed by atoms with Gasteiger partial charge in [-0.05, 0) is 32.1 Å². The molecule has 0 fully saturated rings. The number of carboxylic acid groups (broad SMARTS) is 1. The molecule has 0 rings (SSSR count). The molecule has 2 nitrogen and oxygen atoms in total. The Morgan fingerprint density at radius 3 is 1.62 bits per heavy atom. The quantitative estimate of drug-likeness (QED) is 0.261. The number of unbranched alkanes of at least 4 members (excludes halogenated alkanes) is 12. The third-order valence-electron chi connectivity index (χ3n) is 3.90. The monoisotopic (exact) mass is 296 g/mol. The van der Waals surface area contributed by atoms with E-state index in [0.717, 1.165) is 25.7 Å². The summed E-state index contributed by atoms with van der Waals surface area (Å²) in [7, 11) is 0. The maximum Gasteiger partial charge on any atom is 0.303 e. The summed E-state index contributed by atoms with van der Waals surface area (Å²) in [5.41, 5.74) is 0. The highest BCUT2D eigenvalue weighted by molar-refractivity contribution is 5.66. The predicted molar refractivity (Wildman–Crippen MR) is 91.7 cm³/mol. The molecule has 0 atom stereocenters. The first-order chi connectivity index (χ1) is 10.3. The number of hydrogen-bond donors (Lipinski definition) is 1. The van der Waals surface area contributed by atoms with E-state index < -0.39 is 5.97 Å². The molecule has 0 aromatic rings. The fourth-order valence-corrected chi connectivity index (χ4v) is 2.52. The maximum atomic E-state index is 10.3. The molecule has 0 aromatic carbocycles. The van der Waals surface area contributed by atoms with E-state index in [1.54, 1.807) is 0 Å². The van der Waals surface area contributed by atoms with Crippen LogP contribution in [-0.2, 0) is 4.79 Å². The fourth-order valence-electron chi connectivity index (χ4n) is 2.52. The van der Waals surface area contributed by atoms with Crippen LogP contribution in [0, 0.1) is 0 Å². The molecule has 0 saturated heterocycles. The summed E-state index contributed by atoms with van der Waals surface area (Å²) in [5, 5.41) is 8.51. The molecule has 0 bridgehead atoms. The molecule has 21 heavy (non-hydrogen) atoms. The van der Waals surface area contributed by atoms with E-state index in [-0.39, 0.29) is 0 Å². The summed E-state index contributed by atoms with van der Waals surface area (Å²) >= 11 is 0. The smallest absolute Gasteiger partial charge is 0.303 e. The van der Waals surface area contributed by atoms with Crippen LogP contribution in [0.5, 0.6) is 0 Å². The van der Waals surface area contributed by atoms with Crippen molar-refractivity contribution in [2.24, 2.45) is 0 Å². The van der Waals surface area contributed by atoms with Gasteiger partial charge in [0.05, 0.1) is 0 Å². The number of carbonyl (C=O) groups is 1. The Kier molecular flexibility index (Phi) is 16.6. The molecule has 0 amide bonds. The zero-order valence-electron chi connectivity index (χ0n) is 14.1. The van der Waals surface area contributed by atoms with Crippen molar-refractivity contribution in [1.29, 1.82) is 0 Å². The molecule has 2 heteroatoms. The van der Waals surface area contributed by atoms with Crippen LogP contribution in [0.25, 0.3) is 0 Å². The summed E-state index contributed by atoms with van der Waals surface area (Å²) in [4.78, 5) is 10.3. The molecule has 0 aliphatic carbocycles. The highest BCUT2D eigenvalue weighted by Crippen LogP contribution is 2.11. The molecule has 0 saturated carbocycles. The Bertz CT molecular complexity index is 246. The maximum absolute atomic E-state index is 10.3. The van der Waals surface area contributed by atoms with Gasteiger partial charge >= 0.3 is 5.97 Å². The third-order valence-corrected chi connectivity index (χ3v) is 3.90. The molecule has 0 unspecified atom stereocenters. The minimum absolute atomic E-state index is 0.322. The summed E-state index contributed by atoms with van der Waals surface area (Å²) < 4.78 is 0. The van der Waals surface area contributed by atoms with Crippen molar-refractivity contribution < 1.29 is 9.90 Å². The third kappa shape index (κ3) is 19.2. The van der Waals surface area contributed by atoms with Crippen LogP contribution in [0.4, 0.5) is 0 Å². The van der Waals surface area contributed by atoms with Crippen LogP contribution in [0.1, 0.15) is 103 Å². The van der Waals surface area contributed by atoms with Crippen LogP contribution in [-0.4, -0.2) is 11.1 Å². The van der Waals surface area contributed by atoms with Crippen molar-refractivity contribution >= 4 is 5.97 Å². The molecule has 0 aliphatic heterocycles. The van der Waals surface area contributed by atoms with E-state index in [4.69, 9.17) is 5.11 Å². The van der Waals surface area contributed by atoms with Gasteiger partial charge in [-0.3, -0.25) is 4.79 Å². The van der Waals surface area contributed by atoms with E-state index in [1.807, 2.05) is 0 Å². The Morgan fingerprint density at radius 1 is 0.714 bits per heavy atom. The molecule has 0 aromatic heterocycles. The van der Waals surface area contributed by atoms with Gasteiger partial charge in [0.15, 0.2) is 0 Å². The van der Waals surface area contributed by atoms with Gasteiger partial charge in [0.2, 0.25) is 0 Å². The van der Waals surface area contributed by atoms with Crippen LogP contribution < -0.4 is 0 Å². The first kappa shape index (κ1) is 20.2. The Labute approximate surface area is 132 Å². The standard InChI is InChI=1S/C19H36O2/c1-2-3-4-5-6-7-8-9-10-11-12-13-14-15-16-17-18-19(20)21/h12-13H,2-11,14-18H2,1H3,(H,20,21). The largest absolute Gasteiger partial charge is 0.481 e. The number of hydrogen-bond acceptors (Lipinski definition) is 1. The minimum Gasteiger partial charge on any atom is -0.481 e. The lowest BCUT2D eigenvalue weighted by Crippen LogP contribution is -1.93. The molecule has 0 aliphatic rings. The second-order valence-corrected chi connectivity index (χ2v) is 6.08. The van der Waals surface area contributed by atoms with Crippen LogP contribution >= 0.6 is 0 Å². The number of carboxylic acids is 1. The fraction of sp³-hybridized carbons (Fsp3) is 0.842. The zero-order chi connectivity index (χ0) is 15.6. The summed E-state index contributed by atoms with van der Waals surface area (Å²) in [5.74, 6) is -0.670. The second-order valence-electron chi connectivity index (χ2n) is 6.08. The lowest BCUT2D eigenvalue weighted by Gasteiger charge is -2.00.